The number of nitrogens with zero attached hydrogens (tertiary/aromatic N) is 2. The van der Waals surface area contributed by atoms with Gasteiger partial charge < -0.3 is 8.98 Å². The molecule has 6 nitrogen and oxygen atoms in total. The van der Waals surface area contributed by atoms with E-state index >= 15 is 0 Å². The molecule has 2 heterocycles. The predicted molar refractivity (Wildman–Crippen MR) is 70.4 cm³/mol. The minimum Gasteiger partial charge on any atom is -0.465 e. The number of furan rings is 1. The second-order valence-corrected chi connectivity index (χ2v) is 6.23. The summed E-state index contributed by atoms with van der Waals surface area (Å²) in [5.74, 6) is 1.25. The fourth-order valence-electron chi connectivity index (χ4n) is 1.61. The number of aryl methyl sites for hydroxylation is 2. The van der Waals surface area contributed by atoms with Gasteiger partial charge in [0, 0.05) is 7.05 Å². The van der Waals surface area contributed by atoms with Crippen LogP contribution in [0.15, 0.2) is 27.9 Å². The molecule has 0 fully saturated rings. The molecule has 2 rings (SSSR count). The van der Waals surface area contributed by atoms with Gasteiger partial charge in [-0.1, -0.05) is 11.6 Å². The average molecular weight is 304 g/mol. The fourth-order valence-corrected chi connectivity index (χ4v) is 3.25. The number of sulfonamides is 1. The van der Waals surface area contributed by atoms with Crippen LogP contribution >= 0.6 is 11.6 Å². The van der Waals surface area contributed by atoms with Crippen LogP contribution in [0.1, 0.15) is 24.5 Å². The van der Waals surface area contributed by atoms with Gasteiger partial charge in [-0.3, -0.25) is 0 Å². The maximum absolute atomic E-state index is 12.1. The van der Waals surface area contributed by atoms with E-state index < -0.39 is 16.1 Å². The second kappa shape index (κ2) is 4.99. The molecule has 1 unspecified atom stereocenters. The number of aromatic nitrogens is 2. The zero-order chi connectivity index (χ0) is 14.2. The van der Waals surface area contributed by atoms with E-state index in [1.807, 2.05) is 0 Å². The molecular formula is C11H14ClN3O3S. The van der Waals surface area contributed by atoms with Crippen molar-refractivity contribution in [3.05, 3.63) is 35.1 Å². The van der Waals surface area contributed by atoms with Crippen LogP contribution in [0.5, 0.6) is 0 Å². The van der Waals surface area contributed by atoms with Gasteiger partial charge in [0.2, 0.25) is 5.03 Å². The Morgan fingerprint density at radius 1 is 1.47 bits per heavy atom. The van der Waals surface area contributed by atoms with Crippen molar-refractivity contribution in [3.8, 4) is 0 Å². The Kier molecular flexibility index (Phi) is 3.71. The Bertz CT molecular complexity index is 690. The van der Waals surface area contributed by atoms with E-state index in [0.717, 1.165) is 5.76 Å². The molecule has 0 bridgehead atoms. The molecule has 0 amide bonds. The van der Waals surface area contributed by atoms with Crippen molar-refractivity contribution in [2.45, 2.75) is 24.9 Å². The molecule has 2 aromatic heterocycles. The smallest absolute Gasteiger partial charge is 0.261 e. The SMILES string of the molecule is Cc1ccc(C(C)NS(=O)(=O)c2ncn(C)c2Cl)o1. The van der Waals surface area contributed by atoms with Crippen molar-refractivity contribution in [1.29, 1.82) is 0 Å². The number of halogens is 1. The van der Waals surface area contributed by atoms with Crippen molar-refractivity contribution in [2.75, 3.05) is 0 Å². The van der Waals surface area contributed by atoms with E-state index in [2.05, 4.69) is 9.71 Å². The first-order chi connectivity index (χ1) is 8.81. The Morgan fingerprint density at radius 3 is 2.63 bits per heavy atom. The zero-order valence-electron chi connectivity index (χ0n) is 10.7. The maximum atomic E-state index is 12.1. The van der Waals surface area contributed by atoms with Crippen LogP contribution in [0, 0.1) is 6.92 Å². The molecule has 0 radical (unpaired) electrons. The molecule has 8 heteroatoms. The lowest BCUT2D eigenvalue weighted by Gasteiger charge is -2.10. The monoisotopic (exact) mass is 303 g/mol. The maximum Gasteiger partial charge on any atom is 0.261 e. The number of imidazole rings is 1. The summed E-state index contributed by atoms with van der Waals surface area (Å²) in [6.07, 6.45) is 1.35. The van der Waals surface area contributed by atoms with E-state index in [-0.39, 0.29) is 10.2 Å². The minimum absolute atomic E-state index is 0.0651. The molecule has 2 aromatic rings. The van der Waals surface area contributed by atoms with Gasteiger partial charge in [-0.15, -0.1) is 0 Å². The molecule has 0 aromatic carbocycles. The zero-order valence-corrected chi connectivity index (χ0v) is 12.3. The lowest BCUT2D eigenvalue weighted by Crippen LogP contribution is -2.27. The Labute approximate surface area is 116 Å². The largest absolute Gasteiger partial charge is 0.465 e. The highest BCUT2D eigenvalue weighted by atomic mass is 35.5. The Morgan fingerprint density at radius 2 is 2.16 bits per heavy atom. The third-order valence-corrected chi connectivity index (χ3v) is 4.64. The van der Waals surface area contributed by atoms with E-state index in [1.54, 1.807) is 33.0 Å². The highest BCUT2D eigenvalue weighted by molar-refractivity contribution is 7.89. The summed E-state index contributed by atoms with van der Waals surface area (Å²) in [6, 6.07) is 2.99. The summed E-state index contributed by atoms with van der Waals surface area (Å²) in [6.45, 7) is 3.48. The van der Waals surface area contributed by atoms with Crippen LogP contribution in [0.4, 0.5) is 0 Å². The Hall–Kier alpha value is -1.31. The second-order valence-electron chi connectivity index (χ2n) is 4.24. The molecule has 0 aliphatic carbocycles. The first-order valence-corrected chi connectivity index (χ1v) is 7.43. The van der Waals surface area contributed by atoms with Crippen LogP contribution in [-0.2, 0) is 17.1 Å². The quantitative estimate of drug-likeness (QED) is 0.937. The van der Waals surface area contributed by atoms with Crippen LogP contribution in [0.25, 0.3) is 0 Å². The van der Waals surface area contributed by atoms with Crippen molar-refractivity contribution < 1.29 is 12.8 Å². The van der Waals surface area contributed by atoms with E-state index in [4.69, 9.17) is 16.0 Å². The summed E-state index contributed by atoms with van der Waals surface area (Å²) in [5.41, 5.74) is 0. The highest BCUT2D eigenvalue weighted by Crippen LogP contribution is 2.22. The van der Waals surface area contributed by atoms with E-state index in [1.165, 1.54) is 10.9 Å². The lowest BCUT2D eigenvalue weighted by atomic mass is 10.3. The third-order valence-electron chi connectivity index (χ3n) is 2.61. The third kappa shape index (κ3) is 2.83. The van der Waals surface area contributed by atoms with Crippen LogP contribution in [-0.4, -0.2) is 18.0 Å². The molecular weight excluding hydrogens is 290 g/mol. The van der Waals surface area contributed by atoms with Crippen LogP contribution in [0.2, 0.25) is 5.15 Å². The summed E-state index contributed by atoms with van der Waals surface area (Å²) in [7, 11) is -2.16. The first-order valence-electron chi connectivity index (χ1n) is 5.57. The number of nitrogens with one attached hydrogen (secondary N) is 1. The van der Waals surface area contributed by atoms with Gasteiger partial charge in [-0.2, -0.15) is 4.72 Å². The van der Waals surface area contributed by atoms with Crippen molar-refractivity contribution >= 4 is 21.6 Å². The van der Waals surface area contributed by atoms with Gasteiger partial charge in [0.15, 0.2) is 0 Å². The highest BCUT2D eigenvalue weighted by Gasteiger charge is 2.25. The summed E-state index contributed by atoms with van der Waals surface area (Å²) in [5, 5.41) is -0.123. The molecule has 1 N–H and O–H groups in total. The molecule has 0 aliphatic heterocycles. The van der Waals surface area contributed by atoms with Crippen molar-refractivity contribution in [1.82, 2.24) is 14.3 Å². The molecule has 0 spiro atoms. The van der Waals surface area contributed by atoms with Crippen LogP contribution in [0.3, 0.4) is 0 Å². The van der Waals surface area contributed by atoms with Gasteiger partial charge in [0.05, 0.1) is 12.4 Å². The molecule has 1 atom stereocenters. The standard InChI is InChI=1S/C11H14ClN3O3S/c1-7-4-5-9(18-7)8(2)14-19(16,17)11-10(12)15(3)6-13-11/h4-6,8,14H,1-3H3. The van der Waals surface area contributed by atoms with Gasteiger partial charge in [0.1, 0.15) is 16.7 Å². The topological polar surface area (TPSA) is 77.1 Å². The average Bonchev–Trinajstić information content (AvgIpc) is 2.87. The van der Waals surface area contributed by atoms with Gasteiger partial charge in [-0.25, -0.2) is 13.4 Å². The molecule has 0 aliphatic rings. The molecule has 0 saturated heterocycles. The van der Waals surface area contributed by atoms with Crippen LogP contribution < -0.4 is 4.72 Å². The summed E-state index contributed by atoms with van der Waals surface area (Å²) in [4.78, 5) is 3.79. The first kappa shape index (κ1) is 14.1. The van der Waals surface area contributed by atoms with Crippen molar-refractivity contribution in [3.63, 3.8) is 0 Å². The number of rotatable bonds is 4. The van der Waals surface area contributed by atoms with E-state index in [9.17, 15) is 8.42 Å². The van der Waals surface area contributed by atoms with Gasteiger partial charge >= 0.3 is 0 Å². The van der Waals surface area contributed by atoms with Gasteiger partial charge in [0.25, 0.3) is 10.0 Å². The van der Waals surface area contributed by atoms with Crippen molar-refractivity contribution in [2.24, 2.45) is 7.05 Å². The summed E-state index contributed by atoms with van der Waals surface area (Å²) >= 11 is 5.88. The Balaban J connectivity index is 2.25. The lowest BCUT2D eigenvalue weighted by molar-refractivity contribution is 0.441. The molecule has 19 heavy (non-hydrogen) atoms. The minimum atomic E-state index is -3.78. The predicted octanol–water partition coefficient (Wildman–Crippen LogP) is 2.01. The van der Waals surface area contributed by atoms with Gasteiger partial charge in [-0.05, 0) is 26.0 Å². The molecule has 0 saturated carbocycles. The normalized spacial score (nSPS) is 13.7. The fraction of sp³-hybridized carbons (Fsp3) is 0.364. The molecule has 104 valence electrons. The summed E-state index contributed by atoms with van der Waals surface area (Å²) < 4.78 is 33.6. The number of hydrogen-bond acceptors (Lipinski definition) is 4. The van der Waals surface area contributed by atoms with E-state index in [0.29, 0.717) is 5.76 Å². The number of hydrogen-bond donors (Lipinski definition) is 1.